The lowest BCUT2D eigenvalue weighted by atomic mass is 10.2. The zero-order valence-corrected chi connectivity index (χ0v) is 11.7. The summed E-state index contributed by atoms with van der Waals surface area (Å²) < 4.78 is 1.64. The van der Waals surface area contributed by atoms with Gasteiger partial charge in [-0.25, -0.2) is 0 Å². The fourth-order valence-electron chi connectivity index (χ4n) is 2.54. The Kier molecular flexibility index (Phi) is 3.77. The first-order chi connectivity index (χ1) is 10.2. The molecule has 3 rings (SSSR count). The number of hydrogen-bond acceptors (Lipinski definition) is 4. The molecule has 6 heteroatoms. The summed E-state index contributed by atoms with van der Waals surface area (Å²) in [6.07, 6.45) is 3.47. The SMILES string of the molecule is O=C(Cn1cccn1)N1CCN(c2cccc(O)c2)CC1. The number of hydrogen-bond donors (Lipinski definition) is 1. The number of piperazine rings is 1. The van der Waals surface area contributed by atoms with Crippen molar-refractivity contribution in [2.45, 2.75) is 6.54 Å². The zero-order valence-electron chi connectivity index (χ0n) is 11.7. The molecular weight excluding hydrogens is 268 g/mol. The van der Waals surface area contributed by atoms with Gasteiger partial charge in [0.15, 0.2) is 0 Å². The lowest BCUT2D eigenvalue weighted by Crippen LogP contribution is -2.49. The highest BCUT2D eigenvalue weighted by molar-refractivity contribution is 5.76. The van der Waals surface area contributed by atoms with Gasteiger partial charge in [0.05, 0.1) is 0 Å². The van der Waals surface area contributed by atoms with Gasteiger partial charge in [0.25, 0.3) is 0 Å². The van der Waals surface area contributed by atoms with E-state index in [1.165, 1.54) is 0 Å². The number of aromatic hydroxyl groups is 1. The third-order valence-electron chi connectivity index (χ3n) is 3.68. The summed E-state index contributed by atoms with van der Waals surface area (Å²) in [5.41, 5.74) is 0.995. The van der Waals surface area contributed by atoms with E-state index in [1.807, 2.05) is 23.1 Å². The first kappa shape index (κ1) is 13.5. The average molecular weight is 286 g/mol. The van der Waals surface area contributed by atoms with Gasteiger partial charge in [-0.2, -0.15) is 5.10 Å². The molecule has 21 heavy (non-hydrogen) atoms. The Labute approximate surface area is 123 Å². The quantitative estimate of drug-likeness (QED) is 0.912. The van der Waals surface area contributed by atoms with E-state index in [9.17, 15) is 9.90 Å². The minimum atomic E-state index is 0.0919. The van der Waals surface area contributed by atoms with Crippen molar-refractivity contribution in [1.82, 2.24) is 14.7 Å². The lowest BCUT2D eigenvalue weighted by molar-refractivity contribution is -0.132. The summed E-state index contributed by atoms with van der Waals surface area (Å²) in [7, 11) is 0. The Balaban J connectivity index is 1.56. The molecule has 0 bridgehead atoms. The molecule has 1 saturated heterocycles. The predicted molar refractivity (Wildman–Crippen MR) is 79.1 cm³/mol. The average Bonchev–Trinajstić information content (AvgIpc) is 3.00. The molecule has 110 valence electrons. The summed E-state index contributed by atoms with van der Waals surface area (Å²) in [6.45, 7) is 3.22. The molecule has 1 aromatic carbocycles. The Morgan fingerprint density at radius 3 is 2.67 bits per heavy atom. The Hall–Kier alpha value is -2.50. The fraction of sp³-hybridized carbons (Fsp3) is 0.333. The van der Waals surface area contributed by atoms with Crippen LogP contribution in [0.25, 0.3) is 0 Å². The second-order valence-electron chi connectivity index (χ2n) is 5.09. The minimum Gasteiger partial charge on any atom is -0.508 e. The van der Waals surface area contributed by atoms with Crippen LogP contribution >= 0.6 is 0 Å². The molecule has 1 fully saturated rings. The highest BCUT2D eigenvalue weighted by Crippen LogP contribution is 2.21. The van der Waals surface area contributed by atoms with Crippen LogP contribution in [-0.4, -0.2) is 51.9 Å². The van der Waals surface area contributed by atoms with Crippen molar-refractivity contribution in [2.24, 2.45) is 0 Å². The third kappa shape index (κ3) is 3.16. The largest absolute Gasteiger partial charge is 0.508 e. The van der Waals surface area contributed by atoms with Crippen LogP contribution in [-0.2, 0) is 11.3 Å². The van der Waals surface area contributed by atoms with Crippen LogP contribution in [0.3, 0.4) is 0 Å². The monoisotopic (exact) mass is 286 g/mol. The van der Waals surface area contributed by atoms with Crippen molar-refractivity contribution in [1.29, 1.82) is 0 Å². The smallest absolute Gasteiger partial charge is 0.244 e. The maximum absolute atomic E-state index is 12.2. The van der Waals surface area contributed by atoms with E-state index in [-0.39, 0.29) is 11.7 Å². The molecule has 0 atom stereocenters. The number of phenolic OH excluding ortho intramolecular Hbond substituents is 1. The number of rotatable bonds is 3. The summed E-state index contributed by atoms with van der Waals surface area (Å²) in [5.74, 6) is 0.360. The molecule has 0 radical (unpaired) electrons. The molecule has 0 saturated carbocycles. The first-order valence-electron chi connectivity index (χ1n) is 7.01. The van der Waals surface area contributed by atoms with Gasteiger partial charge in [-0.1, -0.05) is 6.07 Å². The molecule has 1 aromatic heterocycles. The number of benzene rings is 1. The molecular formula is C15H18N4O2. The number of nitrogens with zero attached hydrogens (tertiary/aromatic N) is 4. The van der Waals surface area contributed by atoms with Crippen molar-refractivity contribution >= 4 is 11.6 Å². The summed E-state index contributed by atoms with van der Waals surface area (Å²) >= 11 is 0. The van der Waals surface area contributed by atoms with Gasteiger partial charge in [0.1, 0.15) is 12.3 Å². The zero-order chi connectivity index (χ0) is 14.7. The summed E-state index contributed by atoms with van der Waals surface area (Å²) in [6, 6.07) is 9.03. The molecule has 1 aliphatic rings. The van der Waals surface area contributed by atoms with Gasteiger partial charge in [0.2, 0.25) is 5.91 Å². The fourth-order valence-corrected chi connectivity index (χ4v) is 2.54. The van der Waals surface area contributed by atoms with Gasteiger partial charge >= 0.3 is 0 Å². The molecule has 1 aliphatic heterocycles. The maximum atomic E-state index is 12.2. The van der Waals surface area contributed by atoms with E-state index >= 15 is 0 Å². The minimum absolute atomic E-state index is 0.0919. The van der Waals surface area contributed by atoms with E-state index in [0.29, 0.717) is 19.6 Å². The van der Waals surface area contributed by atoms with Gasteiger partial charge in [-0.15, -0.1) is 0 Å². The molecule has 2 aromatic rings. The predicted octanol–water partition coefficient (Wildman–Crippen LogP) is 0.937. The molecule has 1 N–H and O–H groups in total. The molecule has 0 spiro atoms. The standard InChI is InChI=1S/C15H18N4O2/c20-14-4-1-3-13(11-14)17-7-9-18(10-8-17)15(21)12-19-6-2-5-16-19/h1-6,11,20H,7-10,12H2. The second kappa shape index (κ2) is 5.87. The molecule has 2 heterocycles. The Morgan fingerprint density at radius 2 is 2.00 bits per heavy atom. The normalized spacial score (nSPS) is 15.2. The Morgan fingerprint density at radius 1 is 1.19 bits per heavy atom. The van der Waals surface area contributed by atoms with Crippen LogP contribution < -0.4 is 4.90 Å². The Bertz CT molecular complexity index is 604. The molecule has 0 unspecified atom stereocenters. The van der Waals surface area contributed by atoms with Crippen LogP contribution in [0.2, 0.25) is 0 Å². The van der Waals surface area contributed by atoms with E-state index in [2.05, 4.69) is 10.00 Å². The number of aromatic nitrogens is 2. The van der Waals surface area contributed by atoms with Crippen molar-refractivity contribution in [3.05, 3.63) is 42.7 Å². The molecule has 6 nitrogen and oxygen atoms in total. The van der Waals surface area contributed by atoms with E-state index in [0.717, 1.165) is 18.8 Å². The second-order valence-corrected chi connectivity index (χ2v) is 5.09. The van der Waals surface area contributed by atoms with E-state index in [1.54, 1.807) is 29.2 Å². The topological polar surface area (TPSA) is 61.6 Å². The van der Waals surface area contributed by atoms with Crippen LogP contribution in [0.4, 0.5) is 5.69 Å². The van der Waals surface area contributed by atoms with Crippen molar-refractivity contribution in [2.75, 3.05) is 31.1 Å². The van der Waals surface area contributed by atoms with Crippen LogP contribution in [0.1, 0.15) is 0 Å². The number of phenols is 1. The van der Waals surface area contributed by atoms with Crippen molar-refractivity contribution in [3.63, 3.8) is 0 Å². The lowest BCUT2D eigenvalue weighted by Gasteiger charge is -2.36. The number of amides is 1. The first-order valence-corrected chi connectivity index (χ1v) is 7.01. The van der Waals surface area contributed by atoms with E-state index in [4.69, 9.17) is 0 Å². The highest BCUT2D eigenvalue weighted by Gasteiger charge is 2.21. The number of carbonyl (C=O) groups is 1. The number of anilines is 1. The van der Waals surface area contributed by atoms with Crippen LogP contribution in [0.5, 0.6) is 5.75 Å². The van der Waals surface area contributed by atoms with Gasteiger partial charge in [-0.3, -0.25) is 9.48 Å². The van der Waals surface area contributed by atoms with Gasteiger partial charge in [0, 0.05) is 50.3 Å². The van der Waals surface area contributed by atoms with Crippen molar-refractivity contribution in [3.8, 4) is 5.75 Å². The molecule has 0 aliphatic carbocycles. The third-order valence-corrected chi connectivity index (χ3v) is 3.68. The van der Waals surface area contributed by atoms with Crippen LogP contribution in [0.15, 0.2) is 42.7 Å². The summed E-state index contributed by atoms with van der Waals surface area (Å²) in [5, 5.41) is 13.6. The highest BCUT2D eigenvalue weighted by atomic mass is 16.3. The maximum Gasteiger partial charge on any atom is 0.244 e. The van der Waals surface area contributed by atoms with Crippen molar-refractivity contribution < 1.29 is 9.90 Å². The van der Waals surface area contributed by atoms with Gasteiger partial charge < -0.3 is 14.9 Å². The summed E-state index contributed by atoms with van der Waals surface area (Å²) in [4.78, 5) is 16.2. The van der Waals surface area contributed by atoms with Gasteiger partial charge in [-0.05, 0) is 18.2 Å². The van der Waals surface area contributed by atoms with Crippen LogP contribution in [0, 0.1) is 0 Å². The van der Waals surface area contributed by atoms with E-state index < -0.39 is 0 Å². The molecule has 1 amide bonds. The number of carbonyl (C=O) groups excluding carboxylic acids is 1.